The highest BCUT2D eigenvalue weighted by Crippen LogP contribution is 2.22. The zero-order chi connectivity index (χ0) is 18.1. The molecule has 0 aliphatic heterocycles. The van der Waals surface area contributed by atoms with Gasteiger partial charge < -0.3 is 19.5 Å². The molecule has 0 spiro atoms. The molecule has 130 valence electrons. The quantitative estimate of drug-likeness (QED) is 0.619. The van der Waals surface area contributed by atoms with Gasteiger partial charge in [-0.1, -0.05) is 24.3 Å². The predicted molar refractivity (Wildman–Crippen MR) is 94.6 cm³/mol. The van der Waals surface area contributed by atoms with Crippen molar-refractivity contribution in [2.75, 3.05) is 26.1 Å². The second-order valence-electron chi connectivity index (χ2n) is 4.97. The molecule has 0 saturated heterocycles. The third-order valence-corrected chi connectivity index (χ3v) is 3.23. The van der Waals surface area contributed by atoms with Crippen molar-refractivity contribution >= 4 is 23.6 Å². The van der Waals surface area contributed by atoms with Gasteiger partial charge in [-0.2, -0.15) is 0 Å². The van der Waals surface area contributed by atoms with E-state index in [0.717, 1.165) is 5.56 Å². The minimum atomic E-state index is -0.613. The summed E-state index contributed by atoms with van der Waals surface area (Å²) in [4.78, 5) is 23.6. The second kappa shape index (κ2) is 9.12. The van der Waals surface area contributed by atoms with E-state index in [2.05, 4.69) is 5.32 Å². The fourth-order valence-corrected chi connectivity index (χ4v) is 2.03. The number of carbonyl (C=O) groups excluding carboxylic acids is 2. The number of benzene rings is 2. The first kappa shape index (κ1) is 18.1. The number of hydrogen-bond donors (Lipinski definition) is 1. The van der Waals surface area contributed by atoms with E-state index >= 15 is 0 Å². The summed E-state index contributed by atoms with van der Waals surface area (Å²) in [5.74, 6) is 0.150. The van der Waals surface area contributed by atoms with E-state index in [1.807, 2.05) is 12.1 Å². The number of nitrogens with one attached hydrogen (secondary N) is 1. The molecule has 0 aliphatic rings. The average Bonchev–Trinajstić information content (AvgIpc) is 2.65. The van der Waals surface area contributed by atoms with Gasteiger partial charge in [0.2, 0.25) is 0 Å². The van der Waals surface area contributed by atoms with Gasteiger partial charge in [0, 0.05) is 6.08 Å². The van der Waals surface area contributed by atoms with Crippen LogP contribution < -0.4 is 14.8 Å². The number of esters is 1. The van der Waals surface area contributed by atoms with E-state index in [-0.39, 0.29) is 6.61 Å². The van der Waals surface area contributed by atoms with Crippen LogP contribution in [0.4, 0.5) is 5.69 Å². The van der Waals surface area contributed by atoms with E-state index in [1.54, 1.807) is 49.6 Å². The molecule has 2 aromatic carbocycles. The normalized spacial score (nSPS) is 10.3. The summed E-state index contributed by atoms with van der Waals surface area (Å²) >= 11 is 0. The van der Waals surface area contributed by atoms with Crippen LogP contribution in [0.3, 0.4) is 0 Å². The summed E-state index contributed by atoms with van der Waals surface area (Å²) in [5, 5.41) is 2.62. The molecule has 0 fully saturated rings. The fraction of sp³-hybridized carbons (Fsp3) is 0.158. The molecule has 0 aliphatic carbocycles. The molecule has 1 amide bonds. The first-order valence-corrected chi connectivity index (χ1v) is 7.54. The van der Waals surface area contributed by atoms with Crippen molar-refractivity contribution in [3.05, 3.63) is 60.2 Å². The van der Waals surface area contributed by atoms with E-state index in [9.17, 15) is 9.59 Å². The Kier molecular flexibility index (Phi) is 6.59. The van der Waals surface area contributed by atoms with Gasteiger partial charge >= 0.3 is 5.97 Å². The van der Waals surface area contributed by atoms with Gasteiger partial charge in [-0.05, 0) is 35.9 Å². The van der Waals surface area contributed by atoms with E-state index in [1.165, 1.54) is 13.2 Å². The number of rotatable bonds is 7. The summed E-state index contributed by atoms with van der Waals surface area (Å²) in [5.41, 5.74) is 1.30. The monoisotopic (exact) mass is 341 g/mol. The highest BCUT2D eigenvalue weighted by Gasteiger charge is 2.08. The van der Waals surface area contributed by atoms with Crippen LogP contribution in [0.2, 0.25) is 0 Å². The van der Waals surface area contributed by atoms with Gasteiger partial charge in [-0.25, -0.2) is 4.79 Å². The van der Waals surface area contributed by atoms with Gasteiger partial charge in [0.05, 0.1) is 19.9 Å². The van der Waals surface area contributed by atoms with Crippen LogP contribution in [0.5, 0.6) is 11.5 Å². The van der Waals surface area contributed by atoms with Crippen molar-refractivity contribution in [2.45, 2.75) is 0 Å². The van der Waals surface area contributed by atoms with E-state index in [0.29, 0.717) is 17.2 Å². The van der Waals surface area contributed by atoms with Crippen LogP contribution in [0, 0.1) is 0 Å². The molecule has 0 bridgehead atoms. The number of methoxy groups -OCH3 is 2. The van der Waals surface area contributed by atoms with Gasteiger partial charge in [-0.3, -0.25) is 4.79 Å². The molecule has 6 nitrogen and oxygen atoms in total. The molecular weight excluding hydrogens is 322 g/mol. The Morgan fingerprint density at radius 1 is 1.04 bits per heavy atom. The van der Waals surface area contributed by atoms with Crippen molar-refractivity contribution < 1.29 is 23.8 Å². The zero-order valence-corrected chi connectivity index (χ0v) is 14.0. The Morgan fingerprint density at radius 2 is 1.84 bits per heavy atom. The van der Waals surface area contributed by atoms with Crippen LogP contribution in [-0.2, 0) is 14.3 Å². The molecule has 0 unspecified atom stereocenters. The highest BCUT2D eigenvalue weighted by atomic mass is 16.5. The molecule has 0 heterocycles. The van der Waals surface area contributed by atoms with Gasteiger partial charge in [0.15, 0.2) is 6.61 Å². The van der Waals surface area contributed by atoms with Crippen LogP contribution in [0.1, 0.15) is 5.56 Å². The Hall–Kier alpha value is -3.28. The van der Waals surface area contributed by atoms with Crippen molar-refractivity contribution in [3.63, 3.8) is 0 Å². The maximum atomic E-state index is 11.9. The average molecular weight is 341 g/mol. The van der Waals surface area contributed by atoms with Crippen molar-refractivity contribution in [1.82, 2.24) is 0 Å². The molecule has 25 heavy (non-hydrogen) atoms. The maximum absolute atomic E-state index is 11.9. The number of ether oxygens (including phenoxy) is 3. The van der Waals surface area contributed by atoms with E-state index in [4.69, 9.17) is 14.2 Å². The third-order valence-electron chi connectivity index (χ3n) is 3.23. The minimum absolute atomic E-state index is 0.390. The molecule has 6 heteroatoms. The SMILES string of the molecule is COc1cccc(/C=C/C(=O)OCC(=O)Nc2ccccc2OC)c1. The summed E-state index contributed by atoms with van der Waals surface area (Å²) in [6, 6.07) is 14.2. The Morgan fingerprint density at radius 3 is 2.60 bits per heavy atom. The maximum Gasteiger partial charge on any atom is 0.331 e. The van der Waals surface area contributed by atoms with Gasteiger partial charge in [-0.15, -0.1) is 0 Å². The molecule has 0 aromatic heterocycles. The van der Waals surface area contributed by atoms with Crippen LogP contribution in [0.25, 0.3) is 6.08 Å². The van der Waals surface area contributed by atoms with E-state index < -0.39 is 11.9 Å². The molecule has 0 atom stereocenters. The zero-order valence-electron chi connectivity index (χ0n) is 14.0. The molecular formula is C19H19NO5. The summed E-state index contributed by atoms with van der Waals surface area (Å²) in [6.07, 6.45) is 2.84. The summed E-state index contributed by atoms with van der Waals surface area (Å²) in [7, 11) is 3.08. The highest BCUT2D eigenvalue weighted by molar-refractivity contribution is 5.95. The number of amides is 1. The minimum Gasteiger partial charge on any atom is -0.497 e. The Bertz CT molecular complexity index is 770. The molecule has 2 aromatic rings. The van der Waals surface area contributed by atoms with Crippen molar-refractivity contribution in [1.29, 1.82) is 0 Å². The second-order valence-corrected chi connectivity index (χ2v) is 4.97. The van der Waals surface area contributed by atoms with Gasteiger partial charge in [0.25, 0.3) is 5.91 Å². The summed E-state index contributed by atoms with van der Waals surface area (Å²) in [6.45, 7) is -0.390. The lowest BCUT2D eigenvalue weighted by molar-refractivity contribution is -0.142. The van der Waals surface area contributed by atoms with Crippen LogP contribution >= 0.6 is 0 Å². The largest absolute Gasteiger partial charge is 0.497 e. The first-order chi connectivity index (χ1) is 12.1. The standard InChI is InChI=1S/C19H19NO5/c1-23-15-7-5-6-14(12-15)10-11-19(22)25-13-18(21)20-16-8-3-4-9-17(16)24-2/h3-12H,13H2,1-2H3,(H,20,21)/b11-10+. The Labute approximate surface area is 146 Å². The van der Waals surface area contributed by atoms with Crippen LogP contribution in [-0.4, -0.2) is 32.7 Å². The molecule has 0 saturated carbocycles. The lowest BCUT2D eigenvalue weighted by Crippen LogP contribution is -2.20. The Balaban J connectivity index is 1.84. The molecule has 2 rings (SSSR count). The molecule has 1 N–H and O–H groups in total. The van der Waals surface area contributed by atoms with Crippen molar-refractivity contribution in [2.24, 2.45) is 0 Å². The first-order valence-electron chi connectivity index (χ1n) is 7.54. The number of hydrogen-bond acceptors (Lipinski definition) is 5. The predicted octanol–water partition coefficient (Wildman–Crippen LogP) is 2.90. The third kappa shape index (κ3) is 5.69. The number of anilines is 1. The topological polar surface area (TPSA) is 73.9 Å². The lowest BCUT2D eigenvalue weighted by atomic mass is 10.2. The fourth-order valence-electron chi connectivity index (χ4n) is 2.03. The number of para-hydroxylation sites is 2. The van der Waals surface area contributed by atoms with Crippen molar-refractivity contribution in [3.8, 4) is 11.5 Å². The van der Waals surface area contributed by atoms with Crippen LogP contribution in [0.15, 0.2) is 54.6 Å². The lowest BCUT2D eigenvalue weighted by Gasteiger charge is -2.09. The van der Waals surface area contributed by atoms with Gasteiger partial charge in [0.1, 0.15) is 11.5 Å². The summed E-state index contributed by atoms with van der Waals surface area (Å²) < 4.78 is 15.2. The number of carbonyl (C=O) groups is 2. The smallest absolute Gasteiger partial charge is 0.331 e. The molecule has 0 radical (unpaired) electrons.